The summed E-state index contributed by atoms with van der Waals surface area (Å²) in [6.07, 6.45) is 6.45. The second kappa shape index (κ2) is 6.88. The summed E-state index contributed by atoms with van der Waals surface area (Å²) in [4.78, 5) is 0. The zero-order valence-electron chi connectivity index (χ0n) is 14.5. The molecule has 0 aromatic heterocycles. The third kappa shape index (κ3) is 3.21. The van der Waals surface area contributed by atoms with E-state index in [2.05, 4.69) is 62.4 Å². The van der Waals surface area contributed by atoms with Crippen molar-refractivity contribution in [2.75, 3.05) is 6.54 Å². The Hall–Kier alpha value is -1.60. The van der Waals surface area contributed by atoms with Crippen LogP contribution in [0, 0.1) is 0 Å². The Morgan fingerprint density at radius 3 is 2.26 bits per heavy atom. The molecular formula is C22H29N. The lowest BCUT2D eigenvalue weighted by molar-refractivity contribution is 0.301. The van der Waals surface area contributed by atoms with Crippen LogP contribution in [0.15, 0.2) is 48.5 Å². The lowest BCUT2D eigenvalue weighted by Gasteiger charge is -2.37. The van der Waals surface area contributed by atoms with Crippen molar-refractivity contribution in [3.8, 4) is 11.1 Å². The Labute approximate surface area is 140 Å². The molecule has 0 unspecified atom stereocenters. The van der Waals surface area contributed by atoms with Gasteiger partial charge in [-0.15, -0.1) is 0 Å². The Morgan fingerprint density at radius 2 is 1.65 bits per heavy atom. The van der Waals surface area contributed by atoms with Crippen LogP contribution in [0.4, 0.5) is 0 Å². The van der Waals surface area contributed by atoms with Crippen molar-refractivity contribution in [2.45, 2.75) is 57.3 Å². The molecule has 23 heavy (non-hydrogen) atoms. The van der Waals surface area contributed by atoms with Crippen molar-refractivity contribution in [3.05, 3.63) is 59.7 Å². The predicted octanol–water partition coefficient (Wildman–Crippen LogP) is 5.64. The van der Waals surface area contributed by atoms with Crippen LogP contribution < -0.4 is 5.73 Å². The maximum absolute atomic E-state index is 6.26. The second-order valence-electron chi connectivity index (χ2n) is 7.37. The van der Waals surface area contributed by atoms with Crippen LogP contribution in [0.5, 0.6) is 0 Å². The minimum Gasteiger partial charge on any atom is -0.330 e. The fourth-order valence-electron chi connectivity index (χ4n) is 4.10. The molecule has 1 saturated carbocycles. The molecule has 0 spiro atoms. The van der Waals surface area contributed by atoms with Crippen molar-refractivity contribution in [1.82, 2.24) is 0 Å². The van der Waals surface area contributed by atoms with Crippen LogP contribution in [-0.2, 0) is 5.41 Å². The minimum absolute atomic E-state index is 0.192. The molecule has 1 heteroatoms. The lowest BCUT2D eigenvalue weighted by Crippen LogP contribution is -2.37. The third-order valence-corrected chi connectivity index (χ3v) is 5.57. The SMILES string of the molecule is CC(C)c1ccc(C2(CN)CCCCC2)cc1-c1ccccc1. The van der Waals surface area contributed by atoms with E-state index >= 15 is 0 Å². The molecule has 0 radical (unpaired) electrons. The molecule has 2 aromatic rings. The fourth-order valence-corrected chi connectivity index (χ4v) is 4.10. The van der Waals surface area contributed by atoms with E-state index < -0.39 is 0 Å². The van der Waals surface area contributed by atoms with Gasteiger partial charge in [-0.1, -0.05) is 81.6 Å². The van der Waals surface area contributed by atoms with Gasteiger partial charge in [-0.25, -0.2) is 0 Å². The highest BCUT2D eigenvalue weighted by Crippen LogP contribution is 2.41. The minimum atomic E-state index is 0.192. The summed E-state index contributed by atoms with van der Waals surface area (Å²) in [6.45, 7) is 5.32. The van der Waals surface area contributed by atoms with E-state index in [-0.39, 0.29) is 5.41 Å². The molecular weight excluding hydrogens is 278 g/mol. The van der Waals surface area contributed by atoms with E-state index in [0.717, 1.165) is 6.54 Å². The summed E-state index contributed by atoms with van der Waals surface area (Å²) in [7, 11) is 0. The van der Waals surface area contributed by atoms with Crippen molar-refractivity contribution in [2.24, 2.45) is 5.73 Å². The zero-order valence-corrected chi connectivity index (χ0v) is 14.5. The third-order valence-electron chi connectivity index (χ3n) is 5.57. The summed E-state index contributed by atoms with van der Waals surface area (Å²) in [5.41, 5.74) is 12.0. The first-order valence-corrected chi connectivity index (χ1v) is 9.06. The van der Waals surface area contributed by atoms with E-state index in [9.17, 15) is 0 Å². The van der Waals surface area contributed by atoms with Gasteiger partial charge in [0.05, 0.1) is 0 Å². The maximum Gasteiger partial charge on any atom is 0.00757 e. The monoisotopic (exact) mass is 307 g/mol. The highest BCUT2D eigenvalue weighted by atomic mass is 14.6. The molecule has 0 heterocycles. The second-order valence-corrected chi connectivity index (χ2v) is 7.37. The molecule has 2 aromatic carbocycles. The summed E-state index contributed by atoms with van der Waals surface area (Å²) >= 11 is 0. The van der Waals surface area contributed by atoms with Crippen molar-refractivity contribution in [3.63, 3.8) is 0 Å². The summed E-state index contributed by atoms with van der Waals surface area (Å²) in [5, 5.41) is 0. The summed E-state index contributed by atoms with van der Waals surface area (Å²) < 4.78 is 0. The van der Waals surface area contributed by atoms with E-state index in [1.54, 1.807) is 0 Å². The standard InChI is InChI=1S/C22H29N/c1-17(2)20-12-11-19(22(16-23)13-7-4-8-14-22)15-21(20)18-9-5-3-6-10-18/h3,5-6,9-12,15,17H,4,7-8,13-14,16,23H2,1-2H3. The van der Waals surface area contributed by atoms with Crippen LogP contribution in [0.3, 0.4) is 0 Å². The molecule has 3 rings (SSSR count). The van der Waals surface area contributed by atoms with Crippen molar-refractivity contribution in [1.29, 1.82) is 0 Å². The zero-order chi connectivity index (χ0) is 16.3. The molecule has 0 atom stereocenters. The van der Waals surface area contributed by atoms with E-state index in [0.29, 0.717) is 5.92 Å². The number of hydrogen-bond acceptors (Lipinski definition) is 1. The Bertz CT molecular complexity index is 636. The molecule has 0 amide bonds. The molecule has 1 aliphatic carbocycles. The molecule has 1 fully saturated rings. The lowest BCUT2D eigenvalue weighted by atomic mass is 9.68. The van der Waals surface area contributed by atoms with E-state index in [1.807, 2.05) is 0 Å². The maximum atomic E-state index is 6.26. The molecule has 0 aliphatic heterocycles. The number of hydrogen-bond donors (Lipinski definition) is 1. The fraction of sp³-hybridized carbons (Fsp3) is 0.455. The van der Waals surface area contributed by atoms with Gasteiger partial charge in [0.1, 0.15) is 0 Å². The topological polar surface area (TPSA) is 26.0 Å². The highest BCUT2D eigenvalue weighted by Gasteiger charge is 2.33. The average molecular weight is 307 g/mol. The first kappa shape index (κ1) is 16.3. The first-order chi connectivity index (χ1) is 11.2. The highest BCUT2D eigenvalue weighted by molar-refractivity contribution is 5.69. The molecule has 122 valence electrons. The van der Waals surface area contributed by atoms with E-state index in [1.165, 1.54) is 54.4 Å². The average Bonchev–Trinajstić information content (AvgIpc) is 2.62. The molecule has 2 N–H and O–H groups in total. The first-order valence-electron chi connectivity index (χ1n) is 9.06. The number of rotatable bonds is 4. The Balaban J connectivity index is 2.10. The molecule has 1 aliphatic rings. The van der Waals surface area contributed by atoms with Crippen LogP contribution in [-0.4, -0.2) is 6.54 Å². The predicted molar refractivity (Wildman–Crippen MR) is 99.8 cm³/mol. The largest absolute Gasteiger partial charge is 0.330 e. The van der Waals surface area contributed by atoms with Crippen LogP contribution in [0.25, 0.3) is 11.1 Å². The number of nitrogens with two attached hydrogens (primary N) is 1. The van der Waals surface area contributed by atoms with Crippen LogP contribution in [0.1, 0.15) is 63.0 Å². The van der Waals surface area contributed by atoms with Crippen molar-refractivity contribution < 1.29 is 0 Å². The molecule has 0 saturated heterocycles. The van der Waals surface area contributed by atoms with Gasteiger partial charge in [-0.2, -0.15) is 0 Å². The van der Waals surface area contributed by atoms with Gasteiger partial charge in [0, 0.05) is 12.0 Å². The number of benzene rings is 2. The van der Waals surface area contributed by atoms with Gasteiger partial charge >= 0.3 is 0 Å². The molecule has 1 nitrogen and oxygen atoms in total. The quantitative estimate of drug-likeness (QED) is 0.777. The normalized spacial score (nSPS) is 17.4. The van der Waals surface area contributed by atoms with Gasteiger partial charge in [0.25, 0.3) is 0 Å². The smallest absolute Gasteiger partial charge is 0.00757 e. The van der Waals surface area contributed by atoms with E-state index in [4.69, 9.17) is 5.73 Å². The van der Waals surface area contributed by atoms with Gasteiger partial charge in [0.15, 0.2) is 0 Å². The van der Waals surface area contributed by atoms with Gasteiger partial charge in [-0.3, -0.25) is 0 Å². The summed E-state index contributed by atoms with van der Waals surface area (Å²) in [6, 6.07) is 17.9. The van der Waals surface area contributed by atoms with Gasteiger partial charge in [0.2, 0.25) is 0 Å². The van der Waals surface area contributed by atoms with Gasteiger partial charge < -0.3 is 5.73 Å². The van der Waals surface area contributed by atoms with Gasteiger partial charge in [-0.05, 0) is 41.0 Å². The Kier molecular flexibility index (Phi) is 4.87. The van der Waals surface area contributed by atoms with Crippen molar-refractivity contribution >= 4 is 0 Å². The van der Waals surface area contributed by atoms with Crippen LogP contribution in [0.2, 0.25) is 0 Å². The van der Waals surface area contributed by atoms with Crippen LogP contribution >= 0.6 is 0 Å². The summed E-state index contributed by atoms with van der Waals surface area (Å²) in [5.74, 6) is 0.527. The Morgan fingerprint density at radius 1 is 0.957 bits per heavy atom. The molecule has 0 bridgehead atoms.